The van der Waals surface area contributed by atoms with Crippen LogP contribution >= 0.6 is 0 Å². The van der Waals surface area contributed by atoms with Crippen LogP contribution in [0.5, 0.6) is 0 Å². The van der Waals surface area contributed by atoms with Crippen LogP contribution in [0.3, 0.4) is 0 Å². The van der Waals surface area contributed by atoms with Crippen LogP contribution in [0.1, 0.15) is 44.1 Å². The Bertz CT molecular complexity index is 1460. The molecule has 16 heteroatoms. The number of benzene rings is 1. The van der Waals surface area contributed by atoms with Crippen molar-refractivity contribution in [2.75, 3.05) is 26.2 Å². The average Bonchev–Trinajstić information content (AvgIpc) is 3.81. The second-order valence-corrected chi connectivity index (χ2v) is 11.6. The van der Waals surface area contributed by atoms with Gasteiger partial charge in [-0.25, -0.2) is 4.79 Å². The van der Waals surface area contributed by atoms with Crippen molar-refractivity contribution in [1.82, 2.24) is 25.4 Å². The molecule has 4 rings (SSSR count). The molecule has 2 aromatic rings. The first-order valence-electron chi connectivity index (χ1n) is 15.4. The van der Waals surface area contributed by atoms with E-state index in [0.717, 1.165) is 16.5 Å². The highest BCUT2D eigenvalue weighted by Gasteiger charge is 2.41. The van der Waals surface area contributed by atoms with Gasteiger partial charge in [0, 0.05) is 43.2 Å². The molecule has 2 aliphatic heterocycles. The summed E-state index contributed by atoms with van der Waals surface area (Å²) in [5.41, 5.74) is 18.1. The van der Waals surface area contributed by atoms with Gasteiger partial charge in [0.25, 0.3) is 0 Å². The molecule has 1 aromatic carbocycles. The number of carbonyl (C=O) groups excluding carboxylic acids is 4. The van der Waals surface area contributed by atoms with E-state index >= 15 is 0 Å². The van der Waals surface area contributed by atoms with Crippen molar-refractivity contribution >= 4 is 46.5 Å². The van der Waals surface area contributed by atoms with Crippen LogP contribution in [0.4, 0.5) is 0 Å². The molecular formula is C30H43N9O7. The fourth-order valence-corrected chi connectivity index (χ4v) is 6.11. The number of carboxylic acids is 1. The number of amides is 4. The third-order valence-corrected chi connectivity index (χ3v) is 8.46. The minimum Gasteiger partial charge on any atom is -0.480 e. The maximum absolute atomic E-state index is 13.9. The Balaban J connectivity index is 1.47. The van der Waals surface area contributed by atoms with Gasteiger partial charge in [0.15, 0.2) is 5.96 Å². The molecule has 11 N–H and O–H groups in total. The van der Waals surface area contributed by atoms with E-state index in [0.29, 0.717) is 32.1 Å². The predicted molar refractivity (Wildman–Crippen MR) is 168 cm³/mol. The van der Waals surface area contributed by atoms with Crippen molar-refractivity contribution in [3.63, 3.8) is 0 Å². The summed E-state index contributed by atoms with van der Waals surface area (Å²) in [6, 6.07) is 2.14. The molecule has 16 nitrogen and oxygen atoms in total. The molecule has 0 unspecified atom stereocenters. The summed E-state index contributed by atoms with van der Waals surface area (Å²) >= 11 is 0. The summed E-state index contributed by atoms with van der Waals surface area (Å²) < 4.78 is 0. The lowest BCUT2D eigenvalue weighted by Gasteiger charge is -2.31. The molecule has 0 radical (unpaired) electrons. The fourth-order valence-electron chi connectivity index (χ4n) is 6.11. The quantitative estimate of drug-likeness (QED) is 0.0646. The molecule has 5 atom stereocenters. The zero-order chi connectivity index (χ0) is 33.4. The maximum Gasteiger partial charge on any atom is 0.326 e. The minimum atomic E-state index is -1.24. The van der Waals surface area contributed by atoms with E-state index in [1.54, 1.807) is 6.20 Å². The number of hydrogen-bond donors (Lipinski definition) is 8. The number of carbonyl (C=O) groups is 5. The predicted octanol–water partition coefficient (Wildman–Crippen LogP) is -1.88. The summed E-state index contributed by atoms with van der Waals surface area (Å²) in [6.45, 7) is 0.139. The van der Waals surface area contributed by atoms with Crippen LogP contribution < -0.4 is 27.8 Å². The Hall–Kier alpha value is -4.70. The molecule has 0 bridgehead atoms. The minimum absolute atomic E-state index is 0.0335. The van der Waals surface area contributed by atoms with Crippen molar-refractivity contribution in [2.24, 2.45) is 22.2 Å². The van der Waals surface area contributed by atoms with Crippen molar-refractivity contribution in [2.45, 2.75) is 75.2 Å². The molecule has 4 amide bonds. The molecule has 3 heterocycles. The number of aliphatic hydroxyl groups excluding tert-OH is 1. The van der Waals surface area contributed by atoms with Gasteiger partial charge >= 0.3 is 5.97 Å². The van der Waals surface area contributed by atoms with Gasteiger partial charge in [-0.1, -0.05) is 18.2 Å². The first-order valence-corrected chi connectivity index (χ1v) is 15.4. The highest BCUT2D eigenvalue weighted by atomic mass is 16.4. The van der Waals surface area contributed by atoms with Crippen LogP contribution in [-0.2, 0) is 30.4 Å². The molecule has 2 aliphatic rings. The Kier molecular flexibility index (Phi) is 11.5. The van der Waals surface area contributed by atoms with Crippen LogP contribution in [0.15, 0.2) is 35.5 Å². The summed E-state index contributed by atoms with van der Waals surface area (Å²) in [5, 5.41) is 25.5. The summed E-state index contributed by atoms with van der Waals surface area (Å²) in [4.78, 5) is 75.4. The number of likely N-dealkylation sites (tertiary alicyclic amines) is 2. The van der Waals surface area contributed by atoms with Crippen molar-refractivity contribution in [3.8, 4) is 0 Å². The monoisotopic (exact) mass is 641 g/mol. The summed E-state index contributed by atoms with van der Waals surface area (Å²) in [6.07, 6.45) is 3.93. The highest BCUT2D eigenvalue weighted by Crippen LogP contribution is 2.23. The van der Waals surface area contributed by atoms with Gasteiger partial charge in [-0.05, 0) is 50.2 Å². The number of aromatic nitrogens is 1. The second-order valence-electron chi connectivity index (χ2n) is 11.6. The van der Waals surface area contributed by atoms with Gasteiger partial charge in [0.2, 0.25) is 23.6 Å². The number of carboxylic acid groups (broad SMARTS) is 1. The molecule has 250 valence electrons. The van der Waals surface area contributed by atoms with E-state index in [-0.39, 0.29) is 38.4 Å². The Labute approximate surface area is 265 Å². The Morgan fingerprint density at radius 1 is 0.957 bits per heavy atom. The third kappa shape index (κ3) is 8.11. The van der Waals surface area contributed by atoms with Crippen LogP contribution in [-0.4, -0.2) is 117 Å². The molecule has 0 saturated carbocycles. The number of aliphatic carboxylic acids is 1. The van der Waals surface area contributed by atoms with Crippen LogP contribution in [0.2, 0.25) is 0 Å². The van der Waals surface area contributed by atoms with Crippen molar-refractivity contribution in [1.29, 1.82) is 0 Å². The molecule has 0 spiro atoms. The number of fused-ring (bicyclic) bond motifs is 1. The summed E-state index contributed by atoms with van der Waals surface area (Å²) in [5.74, 6) is -3.56. The lowest BCUT2D eigenvalue weighted by molar-refractivity contribution is -0.145. The lowest BCUT2D eigenvalue weighted by atomic mass is 10.0. The molecular weight excluding hydrogens is 598 g/mol. The van der Waals surface area contributed by atoms with Crippen LogP contribution in [0, 0.1) is 0 Å². The number of guanidine groups is 1. The van der Waals surface area contributed by atoms with E-state index in [1.807, 2.05) is 24.3 Å². The fraction of sp³-hybridized carbons (Fsp3) is 0.533. The highest BCUT2D eigenvalue weighted by molar-refractivity contribution is 5.96. The normalized spacial score (nSPS) is 19.8. The second kappa shape index (κ2) is 15.5. The van der Waals surface area contributed by atoms with Gasteiger partial charge in [-0.15, -0.1) is 0 Å². The van der Waals surface area contributed by atoms with E-state index in [2.05, 4.69) is 20.6 Å². The number of nitrogens with two attached hydrogens (primary N) is 3. The van der Waals surface area contributed by atoms with Gasteiger partial charge in [0.05, 0.1) is 6.61 Å². The lowest BCUT2D eigenvalue weighted by Crippen LogP contribution is -2.58. The van der Waals surface area contributed by atoms with Gasteiger partial charge in [-0.2, -0.15) is 0 Å². The topological polar surface area (TPSA) is 263 Å². The average molecular weight is 642 g/mol. The standard InChI is InChI=1S/C30H43N9O7/c31-19(16-40)27(43)38-12-4-9-23(38)25(41)36-21(8-3-11-34-30(32)33)28(44)39-13-5-10-24(39)26(42)37-22(29(45)46)14-17-15-35-20-7-2-1-6-18(17)20/h1-2,6-7,15,19,21-24,35,40H,3-5,8-14,16,31H2,(H,36,41)(H,37,42)(H,45,46)(H4,32,33,34)/t19-,21-,22-,23-,24-/m0/s1. The first kappa shape index (κ1) is 34.2. The Morgan fingerprint density at radius 2 is 1.57 bits per heavy atom. The largest absolute Gasteiger partial charge is 0.480 e. The van der Waals surface area contributed by atoms with Crippen molar-refractivity contribution in [3.05, 3.63) is 36.0 Å². The number of aliphatic imine (C=N–C) groups is 1. The summed E-state index contributed by atoms with van der Waals surface area (Å²) in [7, 11) is 0. The number of rotatable bonds is 14. The van der Waals surface area contributed by atoms with Gasteiger partial charge in [-0.3, -0.25) is 24.2 Å². The molecule has 46 heavy (non-hydrogen) atoms. The molecule has 2 fully saturated rings. The Morgan fingerprint density at radius 3 is 2.17 bits per heavy atom. The zero-order valence-electron chi connectivity index (χ0n) is 25.6. The SMILES string of the molecule is NC(N)=NCCC[C@H](NC(=O)[C@@H]1CCCN1C(=O)[C@@H](N)CO)C(=O)N1CCC[C@H]1C(=O)N[C@@H](Cc1c[nH]c2ccccc12)C(=O)O. The molecule has 0 aliphatic carbocycles. The van der Waals surface area contributed by atoms with E-state index < -0.39 is 66.4 Å². The smallest absolute Gasteiger partial charge is 0.326 e. The van der Waals surface area contributed by atoms with E-state index in [9.17, 15) is 34.2 Å². The van der Waals surface area contributed by atoms with Crippen molar-refractivity contribution < 1.29 is 34.2 Å². The maximum atomic E-state index is 13.9. The van der Waals surface area contributed by atoms with Gasteiger partial charge in [0.1, 0.15) is 30.2 Å². The number of para-hydroxylation sites is 1. The number of hydrogen-bond acceptors (Lipinski definition) is 8. The van der Waals surface area contributed by atoms with Crippen LogP contribution in [0.25, 0.3) is 10.9 Å². The number of nitrogens with zero attached hydrogens (tertiary/aromatic N) is 3. The number of nitrogens with one attached hydrogen (secondary N) is 3. The number of aliphatic hydroxyl groups is 1. The molecule has 2 saturated heterocycles. The van der Waals surface area contributed by atoms with E-state index in [1.165, 1.54) is 9.80 Å². The number of aromatic amines is 1. The van der Waals surface area contributed by atoms with E-state index in [4.69, 9.17) is 17.2 Å². The zero-order valence-corrected chi connectivity index (χ0v) is 25.6. The third-order valence-electron chi connectivity index (χ3n) is 8.46. The number of H-pyrrole nitrogens is 1. The molecule has 1 aromatic heterocycles. The van der Waals surface area contributed by atoms with Gasteiger partial charge < -0.3 is 52.8 Å². The first-order chi connectivity index (χ1) is 22.0.